The highest BCUT2D eigenvalue weighted by Gasteiger charge is 2.36. The molecule has 8 heteroatoms. The topological polar surface area (TPSA) is 75.7 Å². The van der Waals surface area contributed by atoms with Crippen molar-refractivity contribution in [2.24, 2.45) is 0 Å². The van der Waals surface area contributed by atoms with Crippen molar-refractivity contribution in [3.05, 3.63) is 62.5 Å². The Morgan fingerprint density at radius 1 is 1.20 bits per heavy atom. The van der Waals surface area contributed by atoms with Gasteiger partial charge in [0.25, 0.3) is 11.1 Å². The van der Waals surface area contributed by atoms with E-state index in [9.17, 15) is 14.4 Å². The maximum Gasteiger partial charge on any atom is 0.294 e. The summed E-state index contributed by atoms with van der Waals surface area (Å²) >= 11 is 4.26. The minimum Gasteiger partial charge on any atom is -0.493 e. The lowest BCUT2D eigenvalue weighted by atomic mass is 10.1. The second-order valence-electron chi connectivity index (χ2n) is 6.71. The van der Waals surface area contributed by atoms with Crippen LogP contribution in [0.2, 0.25) is 0 Å². The smallest absolute Gasteiger partial charge is 0.294 e. The van der Waals surface area contributed by atoms with E-state index in [1.165, 1.54) is 0 Å². The fourth-order valence-corrected chi connectivity index (χ4v) is 4.35. The average molecular weight is 489 g/mol. The SMILES string of the molecule is CCOc1ccc(/C=C2\SC(=O)N(CC(=O)Nc3c(C)cccc3C)C2=O)cc1Br. The lowest BCUT2D eigenvalue weighted by Gasteiger charge is -2.15. The van der Waals surface area contributed by atoms with E-state index in [1.54, 1.807) is 18.2 Å². The Morgan fingerprint density at radius 3 is 2.53 bits per heavy atom. The van der Waals surface area contributed by atoms with Crippen molar-refractivity contribution < 1.29 is 19.1 Å². The van der Waals surface area contributed by atoms with Crippen LogP contribution < -0.4 is 10.1 Å². The standard InChI is InChI=1S/C22H21BrN2O4S/c1-4-29-17-9-8-15(10-16(17)23)11-18-21(27)25(22(28)30-18)12-19(26)24-20-13(2)6-5-7-14(20)3/h5-11H,4,12H2,1-3H3,(H,24,26)/b18-11-. The van der Waals surface area contributed by atoms with Gasteiger partial charge >= 0.3 is 0 Å². The number of imide groups is 1. The molecule has 0 bridgehead atoms. The summed E-state index contributed by atoms with van der Waals surface area (Å²) in [5.41, 5.74) is 3.27. The molecule has 2 aromatic carbocycles. The maximum absolute atomic E-state index is 12.7. The zero-order valence-corrected chi connectivity index (χ0v) is 19.2. The average Bonchev–Trinajstić information content (AvgIpc) is 2.94. The van der Waals surface area contributed by atoms with Crippen molar-refractivity contribution in [2.45, 2.75) is 20.8 Å². The number of hydrogen-bond donors (Lipinski definition) is 1. The minimum atomic E-state index is -0.480. The molecule has 0 saturated carbocycles. The summed E-state index contributed by atoms with van der Waals surface area (Å²) in [6.45, 7) is 5.89. The number of ether oxygens (including phenoxy) is 1. The molecule has 3 amide bonds. The Morgan fingerprint density at radius 2 is 1.90 bits per heavy atom. The number of para-hydroxylation sites is 1. The van der Waals surface area contributed by atoms with Gasteiger partial charge in [-0.1, -0.05) is 24.3 Å². The number of nitrogens with zero attached hydrogens (tertiary/aromatic N) is 1. The van der Waals surface area contributed by atoms with Gasteiger partial charge in [-0.05, 0) is 83.4 Å². The predicted octanol–water partition coefficient (Wildman–Crippen LogP) is 5.14. The first-order valence-electron chi connectivity index (χ1n) is 9.34. The number of halogens is 1. The van der Waals surface area contributed by atoms with E-state index in [0.717, 1.165) is 37.8 Å². The van der Waals surface area contributed by atoms with Crippen LogP contribution in [0.5, 0.6) is 5.75 Å². The zero-order valence-electron chi connectivity index (χ0n) is 16.8. The molecule has 1 N–H and O–H groups in total. The summed E-state index contributed by atoms with van der Waals surface area (Å²) in [7, 11) is 0. The molecule has 0 atom stereocenters. The third-order valence-corrected chi connectivity index (χ3v) is 6.00. The first-order valence-corrected chi connectivity index (χ1v) is 10.9. The molecule has 156 valence electrons. The third kappa shape index (κ3) is 4.94. The maximum atomic E-state index is 12.7. The first-order chi connectivity index (χ1) is 14.3. The third-order valence-electron chi connectivity index (χ3n) is 4.47. The van der Waals surface area contributed by atoms with E-state index in [0.29, 0.717) is 18.0 Å². The highest BCUT2D eigenvalue weighted by Crippen LogP contribution is 2.34. The molecule has 1 saturated heterocycles. The van der Waals surface area contributed by atoms with Crippen molar-refractivity contribution >= 4 is 56.5 Å². The summed E-state index contributed by atoms with van der Waals surface area (Å²) in [4.78, 5) is 38.7. The second-order valence-corrected chi connectivity index (χ2v) is 8.55. The van der Waals surface area contributed by atoms with Crippen LogP contribution in [0.1, 0.15) is 23.6 Å². The van der Waals surface area contributed by atoms with Crippen LogP contribution in [0.4, 0.5) is 10.5 Å². The number of carbonyl (C=O) groups excluding carboxylic acids is 3. The van der Waals surface area contributed by atoms with E-state index < -0.39 is 17.1 Å². The molecule has 0 spiro atoms. The molecule has 1 fully saturated rings. The van der Waals surface area contributed by atoms with Gasteiger partial charge in [0.1, 0.15) is 12.3 Å². The van der Waals surface area contributed by atoms with Crippen LogP contribution >= 0.6 is 27.7 Å². The second kappa shape index (κ2) is 9.49. The summed E-state index contributed by atoms with van der Waals surface area (Å²) in [5, 5.41) is 2.34. The van der Waals surface area contributed by atoms with Gasteiger partial charge in [0, 0.05) is 5.69 Å². The van der Waals surface area contributed by atoms with Gasteiger partial charge in [-0.25, -0.2) is 0 Å². The van der Waals surface area contributed by atoms with E-state index >= 15 is 0 Å². The zero-order chi connectivity index (χ0) is 21.8. The van der Waals surface area contributed by atoms with E-state index in [2.05, 4.69) is 21.2 Å². The van der Waals surface area contributed by atoms with Crippen molar-refractivity contribution in [2.75, 3.05) is 18.5 Å². The minimum absolute atomic E-state index is 0.274. The quantitative estimate of drug-likeness (QED) is 0.569. The monoisotopic (exact) mass is 488 g/mol. The Kier molecular flexibility index (Phi) is 6.99. The molecular formula is C22H21BrN2O4S. The number of anilines is 1. The largest absolute Gasteiger partial charge is 0.493 e. The Bertz CT molecular complexity index is 1030. The molecule has 0 radical (unpaired) electrons. The summed E-state index contributed by atoms with van der Waals surface area (Å²) in [6, 6.07) is 11.1. The van der Waals surface area contributed by atoms with Crippen LogP contribution in [0, 0.1) is 13.8 Å². The highest BCUT2D eigenvalue weighted by atomic mass is 79.9. The van der Waals surface area contributed by atoms with E-state index in [1.807, 2.05) is 45.0 Å². The van der Waals surface area contributed by atoms with Gasteiger partial charge in [-0.3, -0.25) is 19.3 Å². The normalized spacial score (nSPS) is 15.1. The number of aryl methyl sites for hydroxylation is 2. The number of thioether (sulfide) groups is 1. The molecule has 0 aliphatic carbocycles. The molecule has 0 unspecified atom stereocenters. The molecule has 2 aromatic rings. The van der Waals surface area contributed by atoms with Crippen LogP contribution in [-0.2, 0) is 9.59 Å². The van der Waals surface area contributed by atoms with Crippen molar-refractivity contribution in [3.8, 4) is 5.75 Å². The van der Waals surface area contributed by atoms with Gasteiger partial charge in [0.05, 0.1) is 16.0 Å². The molecule has 1 aliphatic heterocycles. The fraction of sp³-hybridized carbons (Fsp3) is 0.227. The van der Waals surface area contributed by atoms with Gasteiger partial charge in [0.15, 0.2) is 0 Å². The number of benzene rings is 2. The molecular weight excluding hydrogens is 468 g/mol. The van der Waals surface area contributed by atoms with Gasteiger partial charge in [0.2, 0.25) is 5.91 Å². The summed E-state index contributed by atoms with van der Waals surface area (Å²) < 4.78 is 6.23. The molecule has 6 nitrogen and oxygen atoms in total. The lowest BCUT2D eigenvalue weighted by molar-refractivity contribution is -0.127. The Hall–Kier alpha value is -2.58. The number of rotatable bonds is 6. The number of nitrogens with one attached hydrogen (secondary N) is 1. The van der Waals surface area contributed by atoms with Crippen LogP contribution in [0.15, 0.2) is 45.8 Å². The Labute approximate surface area is 187 Å². The fourth-order valence-electron chi connectivity index (χ4n) is 3.00. The van der Waals surface area contributed by atoms with Crippen LogP contribution in [0.25, 0.3) is 6.08 Å². The van der Waals surface area contributed by atoms with Crippen LogP contribution in [0.3, 0.4) is 0 Å². The first kappa shape index (κ1) is 22.1. The van der Waals surface area contributed by atoms with E-state index in [4.69, 9.17) is 4.74 Å². The number of carbonyl (C=O) groups is 3. The number of amides is 3. The van der Waals surface area contributed by atoms with Crippen molar-refractivity contribution in [1.82, 2.24) is 4.90 Å². The molecule has 3 rings (SSSR count). The summed E-state index contributed by atoms with van der Waals surface area (Å²) in [5.74, 6) is -0.197. The van der Waals surface area contributed by atoms with Crippen molar-refractivity contribution in [1.29, 1.82) is 0 Å². The molecule has 1 heterocycles. The Balaban J connectivity index is 1.72. The lowest BCUT2D eigenvalue weighted by Crippen LogP contribution is -2.36. The van der Waals surface area contributed by atoms with Gasteiger partial charge in [-0.15, -0.1) is 0 Å². The number of hydrogen-bond acceptors (Lipinski definition) is 5. The van der Waals surface area contributed by atoms with Crippen molar-refractivity contribution in [3.63, 3.8) is 0 Å². The highest BCUT2D eigenvalue weighted by molar-refractivity contribution is 9.10. The van der Waals surface area contributed by atoms with Gasteiger partial charge < -0.3 is 10.1 Å². The molecule has 30 heavy (non-hydrogen) atoms. The summed E-state index contributed by atoms with van der Waals surface area (Å²) in [6.07, 6.45) is 1.63. The molecule has 0 aromatic heterocycles. The molecule has 1 aliphatic rings. The predicted molar refractivity (Wildman–Crippen MR) is 123 cm³/mol. The van der Waals surface area contributed by atoms with Gasteiger partial charge in [-0.2, -0.15) is 0 Å². The van der Waals surface area contributed by atoms with Crippen LogP contribution in [-0.4, -0.2) is 35.1 Å². The van der Waals surface area contributed by atoms with E-state index in [-0.39, 0.29) is 11.4 Å².